The van der Waals surface area contributed by atoms with Crippen LogP contribution in [0.15, 0.2) is 22.7 Å². The highest BCUT2D eigenvalue weighted by molar-refractivity contribution is 14.1. The van der Waals surface area contributed by atoms with Crippen molar-refractivity contribution in [1.29, 1.82) is 0 Å². The fraction of sp³-hybridized carbons (Fsp3) is 0.400. The van der Waals surface area contributed by atoms with Crippen LogP contribution in [0.3, 0.4) is 0 Å². The molecule has 14 heavy (non-hydrogen) atoms. The molecular formula is C10H12BrIO2. The lowest BCUT2D eigenvalue weighted by atomic mass is 10.3. The first kappa shape index (κ1) is 12.3. The number of hydrogen-bond donors (Lipinski definition) is 0. The Morgan fingerprint density at radius 2 is 2.14 bits per heavy atom. The summed E-state index contributed by atoms with van der Waals surface area (Å²) in [6, 6.07) is 5.98. The quantitative estimate of drug-likeness (QED) is 0.583. The zero-order chi connectivity index (χ0) is 10.4. The van der Waals surface area contributed by atoms with Crippen LogP contribution < -0.4 is 4.74 Å². The molecule has 0 heterocycles. The molecule has 78 valence electrons. The fourth-order valence-electron chi connectivity index (χ4n) is 0.943. The third-order valence-corrected chi connectivity index (χ3v) is 2.97. The van der Waals surface area contributed by atoms with Crippen molar-refractivity contribution in [2.75, 3.05) is 19.8 Å². The van der Waals surface area contributed by atoms with E-state index in [9.17, 15) is 0 Å². The number of benzene rings is 1. The summed E-state index contributed by atoms with van der Waals surface area (Å²) in [5.41, 5.74) is 0. The molecule has 0 fully saturated rings. The van der Waals surface area contributed by atoms with Crippen molar-refractivity contribution in [3.8, 4) is 5.75 Å². The normalized spacial score (nSPS) is 10.2. The Hall–Kier alpha value is 0.190. The molecule has 1 aromatic carbocycles. The standard InChI is InChI=1S/C10H12BrIO2/c1-2-13-5-6-14-10-7-8(11)3-4-9(10)12/h3-4,7H,2,5-6H2,1H3. The zero-order valence-electron chi connectivity index (χ0n) is 7.93. The van der Waals surface area contributed by atoms with E-state index in [1.807, 2.05) is 25.1 Å². The number of rotatable bonds is 5. The van der Waals surface area contributed by atoms with E-state index in [0.29, 0.717) is 13.2 Å². The fourth-order valence-corrected chi connectivity index (χ4v) is 1.77. The molecule has 0 radical (unpaired) electrons. The first-order chi connectivity index (χ1) is 6.74. The molecule has 0 atom stereocenters. The third kappa shape index (κ3) is 4.14. The van der Waals surface area contributed by atoms with Crippen LogP contribution in [0.4, 0.5) is 0 Å². The summed E-state index contributed by atoms with van der Waals surface area (Å²) < 4.78 is 12.9. The lowest BCUT2D eigenvalue weighted by Crippen LogP contribution is -2.06. The van der Waals surface area contributed by atoms with Gasteiger partial charge in [-0.2, -0.15) is 0 Å². The minimum atomic E-state index is 0.598. The van der Waals surface area contributed by atoms with Gasteiger partial charge in [-0.15, -0.1) is 0 Å². The summed E-state index contributed by atoms with van der Waals surface area (Å²) >= 11 is 5.66. The second-order valence-electron chi connectivity index (χ2n) is 2.62. The topological polar surface area (TPSA) is 18.5 Å². The zero-order valence-corrected chi connectivity index (χ0v) is 11.7. The average Bonchev–Trinajstić information content (AvgIpc) is 2.18. The maximum atomic E-state index is 5.56. The molecule has 0 aliphatic carbocycles. The van der Waals surface area contributed by atoms with E-state index in [2.05, 4.69) is 38.5 Å². The van der Waals surface area contributed by atoms with Gasteiger partial charge in [0.15, 0.2) is 0 Å². The lowest BCUT2D eigenvalue weighted by molar-refractivity contribution is 0.110. The summed E-state index contributed by atoms with van der Waals surface area (Å²) in [7, 11) is 0. The van der Waals surface area contributed by atoms with Gasteiger partial charge in [0.25, 0.3) is 0 Å². The van der Waals surface area contributed by atoms with Crippen molar-refractivity contribution < 1.29 is 9.47 Å². The predicted octanol–water partition coefficient (Wildman–Crippen LogP) is 3.47. The molecule has 4 heteroatoms. The maximum Gasteiger partial charge on any atom is 0.133 e. The van der Waals surface area contributed by atoms with Gasteiger partial charge in [-0.3, -0.25) is 0 Å². The van der Waals surface area contributed by atoms with Gasteiger partial charge in [-0.05, 0) is 47.7 Å². The van der Waals surface area contributed by atoms with Gasteiger partial charge in [0.2, 0.25) is 0 Å². The Labute approximate surface area is 106 Å². The van der Waals surface area contributed by atoms with Crippen LogP contribution in [0, 0.1) is 3.57 Å². The van der Waals surface area contributed by atoms with Gasteiger partial charge in [0.1, 0.15) is 12.4 Å². The molecule has 0 saturated carbocycles. The highest BCUT2D eigenvalue weighted by atomic mass is 127. The molecule has 0 aliphatic heterocycles. The molecule has 0 N–H and O–H groups in total. The van der Waals surface area contributed by atoms with Gasteiger partial charge in [0, 0.05) is 11.1 Å². The molecule has 1 aromatic rings. The van der Waals surface area contributed by atoms with Crippen LogP contribution in [0.1, 0.15) is 6.92 Å². The summed E-state index contributed by atoms with van der Waals surface area (Å²) in [5, 5.41) is 0. The van der Waals surface area contributed by atoms with E-state index in [1.54, 1.807) is 0 Å². The van der Waals surface area contributed by atoms with Gasteiger partial charge in [0.05, 0.1) is 10.2 Å². The summed E-state index contributed by atoms with van der Waals surface area (Å²) in [5.74, 6) is 0.902. The van der Waals surface area contributed by atoms with Crippen LogP contribution in [0.2, 0.25) is 0 Å². The SMILES string of the molecule is CCOCCOc1cc(Br)ccc1I. The lowest BCUT2D eigenvalue weighted by Gasteiger charge is -2.08. The smallest absolute Gasteiger partial charge is 0.133 e. The molecule has 0 spiro atoms. The van der Waals surface area contributed by atoms with E-state index in [1.165, 1.54) is 0 Å². The third-order valence-electron chi connectivity index (χ3n) is 1.58. The Morgan fingerprint density at radius 1 is 1.36 bits per heavy atom. The van der Waals surface area contributed by atoms with Crippen molar-refractivity contribution >= 4 is 38.5 Å². The molecular weight excluding hydrogens is 359 g/mol. The number of halogens is 2. The van der Waals surface area contributed by atoms with E-state index in [4.69, 9.17) is 9.47 Å². The van der Waals surface area contributed by atoms with Crippen LogP contribution in [-0.2, 0) is 4.74 Å². The number of hydrogen-bond acceptors (Lipinski definition) is 2. The Bertz CT molecular complexity index is 291. The predicted molar refractivity (Wildman–Crippen MR) is 68.8 cm³/mol. The highest BCUT2D eigenvalue weighted by Gasteiger charge is 2.00. The maximum absolute atomic E-state index is 5.56. The van der Waals surface area contributed by atoms with Crippen LogP contribution in [0.5, 0.6) is 5.75 Å². The van der Waals surface area contributed by atoms with Gasteiger partial charge >= 0.3 is 0 Å². The first-order valence-corrected chi connectivity index (χ1v) is 6.27. The van der Waals surface area contributed by atoms with E-state index < -0.39 is 0 Å². The molecule has 0 aliphatic rings. The van der Waals surface area contributed by atoms with E-state index in [-0.39, 0.29) is 0 Å². The largest absolute Gasteiger partial charge is 0.490 e. The van der Waals surface area contributed by atoms with Crippen LogP contribution >= 0.6 is 38.5 Å². The van der Waals surface area contributed by atoms with Gasteiger partial charge in [-0.1, -0.05) is 15.9 Å². The van der Waals surface area contributed by atoms with Crippen molar-refractivity contribution in [3.05, 3.63) is 26.2 Å². The Balaban J connectivity index is 2.45. The van der Waals surface area contributed by atoms with Crippen molar-refractivity contribution in [1.82, 2.24) is 0 Å². The number of ether oxygens (including phenoxy) is 2. The molecule has 0 amide bonds. The molecule has 1 rings (SSSR count). The Kier molecular flexibility index (Phi) is 5.81. The van der Waals surface area contributed by atoms with Crippen LogP contribution in [0.25, 0.3) is 0 Å². The second-order valence-corrected chi connectivity index (χ2v) is 4.70. The summed E-state index contributed by atoms with van der Waals surface area (Å²) in [6.07, 6.45) is 0. The highest BCUT2D eigenvalue weighted by Crippen LogP contribution is 2.24. The molecule has 0 saturated heterocycles. The van der Waals surface area contributed by atoms with Crippen molar-refractivity contribution in [2.45, 2.75) is 6.92 Å². The van der Waals surface area contributed by atoms with E-state index >= 15 is 0 Å². The Morgan fingerprint density at radius 3 is 2.86 bits per heavy atom. The van der Waals surface area contributed by atoms with Gasteiger partial charge in [-0.25, -0.2) is 0 Å². The second kappa shape index (κ2) is 6.63. The minimum Gasteiger partial charge on any atom is -0.490 e. The monoisotopic (exact) mass is 370 g/mol. The van der Waals surface area contributed by atoms with E-state index in [0.717, 1.165) is 20.4 Å². The molecule has 0 bridgehead atoms. The molecule has 2 nitrogen and oxygen atoms in total. The minimum absolute atomic E-state index is 0.598. The van der Waals surface area contributed by atoms with Gasteiger partial charge < -0.3 is 9.47 Å². The molecule has 0 aromatic heterocycles. The van der Waals surface area contributed by atoms with Crippen molar-refractivity contribution in [3.63, 3.8) is 0 Å². The van der Waals surface area contributed by atoms with Crippen molar-refractivity contribution in [2.24, 2.45) is 0 Å². The first-order valence-electron chi connectivity index (χ1n) is 4.39. The summed E-state index contributed by atoms with van der Waals surface area (Å²) in [6.45, 7) is 3.95. The summed E-state index contributed by atoms with van der Waals surface area (Å²) in [4.78, 5) is 0. The average molecular weight is 371 g/mol. The molecule has 0 unspecified atom stereocenters. The van der Waals surface area contributed by atoms with Crippen LogP contribution in [-0.4, -0.2) is 19.8 Å².